The van der Waals surface area contributed by atoms with E-state index in [0.29, 0.717) is 0 Å². The minimum absolute atomic E-state index is 0.0228. The molecule has 0 saturated heterocycles. The standard InChI is InChI=1S/C19H34N5O6Se/c1-9(2)5-12(17(27)23-13(19(29)30)6-10(3)4)22-18(28)14(8-31)24-16(26)11(20)7-15(21)25/h9-14H,5-8,20H2,1-4H3,(H2,21,25)(H,22,28)(H,23,27)(H,24,26)(H,29,30)/t11-,12-,13-,14-/m0/s1. The first-order valence-corrected chi connectivity index (χ1v) is 11.2. The summed E-state index contributed by atoms with van der Waals surface area (Å²) >= 11 is 2.63. The molecule has 0 aliphatic rings. The molecule has 12 heteroatoms. The molecule has 0 unspecified atom stereocenters. The third-order valence-corrected chi connectivity index (χ3v) is 4.92. The van der Waals surface area contributed by atoms with E-state index < -0.39 is 53.8 Å². The molecule has 0 heterocycles. The van der Waals surface area contributed by atoms with Crippen molar-refractivity contribution in [2.24, 2.45) is 23.3 Å². The number of hydrogen-bond donors (Lipinski definition) is 6. The van der Waals surface area contributed by atoms with E-state index in [0.717, 1.165) is 0 Å². The first-order chi connectivity index (χ1) is 14.3. The van der Waals surface area contributed by atoms with Gasteiger partial charge < -0.3 is 0 Å². The average Bonchev–Trinajstić information content (AvgIpc) is 2.62. The minimum atomic E-state index is -1.21. The first-order valence-electron chi connectivity index (χ1n) is 10.0. The third kappa shape index (κ3) is 11.7. The number of carbonyl (C=O) groups excluding carboxylic acids is 4. The molecule has 0 fully saturated rings. The number of carbonyl (C=O) groups is 5. The van der Waals surface area contributed by atoms with Crippen molar-refractivity contribution >= 4 is 45.6 Å². The molecule has 11 nitrogen and oxygen atoms in total. The van der Waals surface area contributed by atoms with Crippen LogP contribution in [0.2, 0.25) is 5.32 Å². The molecule has 0 rings (SSSR count). The van der Waals surface area contributed by atoms with Crippen LogP contribution < -0.4 is 27.4 Å². The van der Waals surface area contributed by atoms with Crippen molar-refractivity contribution in [2.45, 2.75) is 76.4 Å². The van der Waals surface area contributed by atoms with E-state index >= 15 is 0 Å². The summed E-state index contributed by atoms with van der Waals surface area (Å²) in [5.41, 5.74) is 10.6. The van der Waals surface area contributed by atoms with Gasteiger partial charge in [0.2, 0.25) is 0 Å². The van der Waals surface area contributed by atoms with Gasteiger partial charge in [-0.3, -0.25) is 0 Å². The zero-order valence-electron chi connectivity index (χ0n) is 18.3. The van der Waals surface area contributed by atoms with Crippen molar-refractivity contribution in [1.82, 2.24) is 16.0 Å². The van der Waals surface area contributed by atoms with E-state index in [9.17, 15) is 29.1 Å². The summed E-state index contributed by atoms with van der Waals surface area (Å²) in [5, 5.41) is 16.9. The normalized spacial score (nSPS) is 15.0. The molecule has 4 amide bonds. The van der Waals surface area contributed by atoms with Crippen LogP contribution in [0.15, 0.2) is 0 Å². The van der Waals surface area contributed by atoms with Crippen molar-refractivity contribution in [1.29, 1.82) is 0 Å². The Labute approximate surface area is 190 Å². The fraction of sp³-hybridized carbons (Fsp3) is 0.737. The van der Waals surface area contributed by atoms with E-state index in [2.05, 4.69) is 32.0 Å². The summed E-state index contributed by atoms with van der Waals surface area (Å²) in [4.78, 5) is 59.9. The number of hydrogen-bond acceptors (Lipinski definition) is 6. The maximum atomic E-state index is 12.7. The Balaban J connectivity index is 5.27. The molecular formula is C19H34N5O6Se. The number of rotatable bonds is 14. The number of carboxylic acid groups (broad SMARTS) is 1. The second-order valence-corrected chi connectivity index (χ2v) is 8.92. The Morgan fingerprint density at radius 3 is 1.65 bits per heavy atom. The van der Waals surface area contributed by atoms with E-state index in [4.69, 9.17) is 11.5 Å². The monoisotopic (exact) mass is 508 g/mol. The van der Waals surface area contributed by atoms with E-state index in [-0.39, 0.29) is 36.4 Å². The van der Waals surface area contributed by atoms with Gasteiger partial charge >= 0.3 is 190 Å². The van der Waals surface area contributed by atoms with Gasteiger partial charge in [0.25, 0.3) is 0 Å². The van der Waals surface area contributed by atoms with Gasteiger partial charge in [0.15, 0.2) is 0 Å². The number of nitrogens with one attached hydrogen (secondary N) is 3. The topological polar surface area (TPSA) is 194 Å². The summed E-state index contributed by atoms with van der Waals surface area (Å²) in [7, 11) is 0. The Morgan fingerprint density at radius 1 is 0.806 bits per heavy atom. The molecule has 0 aromatic heterocycles. The molecule has 0 spiro atoms. The van der Waals surface area contributed by atoms with Gasteiger partial charge in [0, 0.05) is 0 Å². The molecule has 31 heavy (non-hydrogen) atoms. The Morgan fingerprint density at radius 2 is 1.23 bits per heavy atom. The first kappa shape index (κ1) is 28.8. The number of aliphatic carboxylic acids is 1. The predicted molar refractivity (Wildman–Crippen MR) is 115 cm³/mol. The second-order valence-electron chi connectivity index (χ2n) is 8.22. The van der Waals surface area contributed by atoms with Crippen LogP contribution >= 0.6 is 0 Å². The van der Waals surface area contributed by atoms with Crippen LogP contribution in [0.3, 0.4) is 0 Å². The second kappa shape index (κ2) is 14.0. The summed E-state index contributed by atoms with van der Waals surface area (Å²) in [6, 6.07) is -4.33. The number of primary amides is 1. The van der Waals surface area contributed by atoms with Crippen LogP contribution in [-0.2, 0) is 24.0 Å². The van der Waals surface area contributed by atoms with Gasteiger partial charge in [0.1, 0.15) is 0 Å². The molecule has 1 radical (unpaired) electrons. The van der Waals surface area contributed by atoms with Crippen molar-refractivity contribution in [3.63, 3.8) is 0 Å². The van der Waals surface area contributed by atoms with Gasteiger partial charge in [0.05, 0.1) is 0 Å². The van der Waals surface area contributed by atoms with Crippen molar-refractivity contribution in [3.05, 3.63) is 0 Å². The van der Waals surface area contributed by atoms with Crippen LogP contribution in [0.1, 0.15) is 47.0 Å². The predicted octanol–water partition coefficient (Wildman–Crippen LogP) is -1.59. The van der Waals surface area contributed by atoms with Gasteiger partial charge in [-0.05, 0) is 0 Å². The molecule has 0 saturated carbocycles. The van der Waals surface area contributed by atoms with Crippen LogP contribution in [-0.4, -0.2) is 74.9 Å². The Bertz CT molecular complexity index is 658. The number of nitrogens with two attached hydrogens (primary N) is 2. The Hall–Kier alpha value is -2.17. The van der Waals surface area contributed by atoms with E-state index in [1.807, 2.05) is 27.7 Å². The Kier molecular flexibility index (Phi) is 13.0. The molecule has 8 N–H and O–H groups in total. The molecule has 0 bridgehead atoms. The van der Waals surface area contributed by atoms with Gasteiger partial charge in [-0.2, -0.15) is 0 Å². The van der Waals surface area contributed by atoms with Gasteiger partial charge in [-0.1, -0.05) is 0 Å². The molecule has 0 aromatic carbocycles. The fourth-order valence-electron chi connectivity index (χ4n) is 2.71. The van der Waals surface area contributed by atoms with Crippen molar-refractivity contribution in [2.75, 3.05) is 0 Å². The van der Waals surface area contributed by atoms with Crippen LogP contribution in [0.4, 0.5) is 0 Å². The van der Waals surface area contributed by atoms with Crippen molar-refractivity contribution < 1.29 is 29.1 Å². The summed E-state index contributed by atoms with van der Waals surface area (Å²) in [6.45, 7) is 7.38. The van der Waals surface area contributed by atoms with Crippen molar-refractivity contribution in [3.8, 4) is 0 Å². The van der Waals surface area contributed by atoms with E-state index in [1.165, 1.54) is 0 Å². The molecule has 0 aromatic rings. The van der Waals surface area contributed by atoms with E-state index in [1.54, 1.807) is 0 Å². The zero-order valence-corrected chi connectivity index (χ0v) is 20.1. The summed E-state index contributed by atoms with van der Waals surface area (Å²) in [5.74, 6) is -3.85. The fourth-order valence-corrected chi connectivity index (χ4v) is 3.20. The SMILES string of the molecule is CC(C)C[C@H](NC(=O)[C@H](CC(C)C)NC(=O)[C@H](C[Se])NC(=O)[C@@H](N)CC(N)=O)C(=O)O. The van der Waals surface area contributed by atoms with Gasteiger partial charge in [-0.15, -0.1) is 0 Å². The van der Waals surface area contributed by atoms with Gasteiger partial charge in [-0.25, -0.2) is 0 Å². The molecule has 0 aliphatic heterocycles. The molecule has 4 atom stereocenters. The zero-order chi connectivity index (χ0) is 24.3. The van der Waals surface area contributed by atoms with Crippen LogP contribution in [0, 0.1) is 11.8 Å². The number of amides is 4. The third-order valence-electron chi connectivity index (χ3n) is 4.22. The molecular weight excluding hydrogens is 473 g/mol. The average molecular weight is 507 g/mol. The summed E-state index contributed by atoms with van der Waals surface area (Å²) in [6.07, 6.45) is 0.128. The van der Waals surface area contributed by atoms with Crippen LogP contribution in [0.5, 0.6) is 0 Å². The van der Waals surface area contributed by atoms with Crippen LogP contribution in [0.25, 0.3) is 0 Å². The quantitative estimate of drug-likeness (QED) is 0.152. The molecule has 0 aliphatic carbocycles. The number of carboxylic acids is 1. The summed E-state index contributed by atoms with van der Waals surface area (Å²) < 4.78 is 0. The maximum absolute atomic E-state index is 12.7. The molecule has 177 valence electrons.